The van der Waals surface area contributed by atoms with E-state index in [1.54, 1.807) is 18.2 Å². The van der Waals surface area contributed by atoms with E-state index in [1.807, 2.05) is 125 Å². The number of rotatable bonds is 6. The second kappa shape index (κ2) is 15.8. The molecule has 4 aromatic heterocycles. The summed E-state index contributed by atoms with van der Waals surface area (Å²) >= 11 is 0. The van der Waals surface area contributed by atoms with Gasteiger partial charge in [0, 0.05) is 43.8 Å². The lowest BCUT2D eigenvalue weighted by molar-refractivity contribution is -0.137. The van der Waals surface area contributed by atoms with Crippen molar-refractivity contribution < 1.29 is 13.2 Å². The molecule has 0 aliphatic heterocycles. The van der Waals surface area contributed by atoms with Crippen LogP contribution in [0.4, 0.5) is 13.2 Å². The van der Waals surface area contributed by atoms with Crippen LogP contribution in [0.25, 0.3) is 100 Å². The lowest BCUT2D eigenvalue weighted by Gasteiger charge is -2.21. The molecule has 7 aromatic carbocycles. The van der Waals surface area contributed by atoms with Gasteiger partial charge in [-0.3, -0.25) is 0 Å². The molecule has 0 atom stereocenters. The van der Waals surface area contributed by atoms with Crippen LogP contribution in [0.2, 0.25) is 0 Å². The van der Waals surface area contributed by atoms with Crippen LogP contribution < -0.4 is 0 Å². The Bertz CT molecular complexity index is 3960. The number of benzene rings is 7. The highest BCUT2D eigenvalue weighted by Gasteiger charge is 2.34. The van der Waals surface area contributed by atoms with Crippen molar-refractivity contribution in [3.63, 3.8) is 0 Å². The van der Waals surface area contributed by atoms with Gasteiger partial charge in [0.25, 0.3) is 0 Å². The molecule has 0 spiro atoms. The van der Waals surface area contributed by atoms with Gasteiger partial charge in [-0.1, -0.05) is 60.7 Å². The highest BCUT2D eigenvalue weighted by molar-refractivity contribution is 6.12. The van der Waals surface area contributed by atoms with Crippen LogP contribution in [0.3, 0.4) is 0 Å². The van der Waals surface area contributed by atoms with Crippen LogP contribution in [0, 0.1) is 50.4 Å². The second-order valence-corrected chi connectivity index (χ2v) is 16.6. The summed E-state index contributed by atoms with van der Waals surface area (Å²) in [6.07, 6.45) is -4.76. The van der Waals surface area contributed by atoms with Crippen molar-refractivity contribution >= 4 is 43.6 Å². The van der Waals surface area contributed by atoms with Crippen molar-refractivity contribution in [2.24, 2.45) is 0 Å². The van der Waals surface area contributed by atoms with Gasteiger partial charge in [0.1, 0.15) is 23.3 Å². The lowest BCUT2D eigenvalue weighted by atomic mass is 9.93. The van der Waals surface area contributed by atoms with Gasteiger partial charge in [-0.15, -0.1) is 0 Å². The van der Waals surface area contributed by atoms with Crippen LogP contribution in [0.15, 0.2) is 140 Å². The number of aromatic nitrogens is 8. The number of alkyl halides is 3. The highest BCUT2D eigenvalue weighted by atomic mass is 19.4. The minimum absolute atomic E-state index is 0.0743. The quantitative estimate of drug-likeness (QED) is 0.161. The molecule has 11 aromatic rings. The average molecular weight is 893 g/mol. The van der Waals surface area contributed by atoms with Gasteiger partial charge in [0.05, 0.1) is 62.3 Å². The molecule has 10 nitrogen and oxygen atoms in total. The third-order valence-corrected chi connectivity index (χ3v) is 12.2. The molecule has 0 aliphatic rings. The number of fused-ring (bicyclic) bond motifs is 6. The normalized spacial score (nSPS) is 11.7. The summed E-state index contributed by atoms with van der Waals surface area (Å²) < 4.78 is 49.0. The second-order valence-electron chi connectivity index (χ2n) is 16.6. The smallest absolute Gasteiger partial charge is 0.309 e. The summed E-state index contributed by atoms with van der Waals surface area (Å²) in [5.74, 6) is 3.48. The molecule has 0 saturated heterocycles. The molecule has 0 aliphatic carbocycles. The highest BCUT2D eigenvalue weighted by Crippen LogP contribution is 2.45. The maximum absolute atomic E-state index is 14.9. The third kappa shape index (κ3) is 6.96. The minimum Gasteiger partial charge on any atom is -0.309 e. The van der Waals surface area contributed by atoms with E-state index in [-0.39, 0.29) is 11.1 Å². The molecule has 4 heterocycles. The standard InChI is InChI=1S/C55H35F3N10/c1-30-61-31(2)64-53(63-30)37-16-21-49-44(25-37)40-9-5-7-11-47(40)67(49)51-24-35(29-60)14-19-42(51)43-20-15-36(39-18-13-34(28-59)23-46(39)55(56,57)58)27-52(43)68-48-12-8-6-10-41(48)45-26-38(17-22-50(45)68)54-65-32(3)62-33(4)66-54/h5-27H,1-4H3. The molecule has 13 heteroatoms. The topological polar surface area (TPSA) is 135 Å². The summed E-state index contributed by atoms with van der Waals surface area (Å²) in [6.45, 7) is 7.31. The predicted molar refractivity (Wildman–Crippen MR) is 257 cm³/mol. The third-order valence-electron chi connectivity index (χ3n) is 12.2. The van der Waals surface area contributed by atoms with Gasteiger partial charge in [-0.2, -0.15) is 23.7 Å². The molecule has 11 rings (SSSR count). The van der Waals surface area contributed by atoms with Crippen LogP contribution in [0.5, 0.6) is 0 Å². The zero-order chi connectivity index (χ0) is 47.0. The summed E-state index contributed by atoms with van der Waals surface area (Å²) in [5.41, 5.74) is 7.20. The molecular weight excluding hydrogens is 858 g/mol. The van der Waals surface area contributed by atoms with Crippen molar-refractivity contribution in [2.45, 2.75) is 33.9 Å². The first-order valence-electron chi connectivity index (χ1n) is 21.6. The molecule has 0 unspecified atom stereocenters. The van der Waals surface area contributed by atoms with E-state index in [1.165, 1.54) is 12.1 Å². The predicted octanol–water partition coefficient (Wildman–Crippen LogP) is 12.9. The molecule has 0 bridgehead atoms. The summed E-state index contributed by atoms with van der Waals surface area (Å²) in [4.78, 5) is 27.3. The van der Waals surface area contributed by atoms with Gasteiger partial charge in [0.15, 0.2) is 11.6 Å². The fourth-order valence-corrected chi connectivity index (χ4v) is 9.46. The van der Waals surface area contributed by atoms with E-state index in [0.29, 0.717) is 63.0 Å². The minimum atomic E-state index is -4.76. The van der Waals surface area contributed by atoms with Crippen molar-refractivity contribution in [1.82, 2.24) is 39.0 Å². The Hall–Kier alpha value is -9.07. The molecule has 0 fully saturated rings. The zero-order valence-electron chi connectivity index (χ0n) is 36.9. The first-order valence-corrected chi connectivity index (χ1v) is 21.6. The van der Waals surface area contributed by atoms with Crippen molar-refractivity contribution in [3.05, 3.63) is 180 Å². The fourth-order valence-electron chi connectivity index (χ4n) is 9.46. The Kier molecular flexibility index (Phi) is 9.69. The number of halogens is 3. The lowest BCUT2D eigenvalue weighted by Crippen LogP contribution is -2.08. The van der Waals surface area contributed by atoms with E-state index in [0.717, 1.165) is 66.4 Å². The number of nitrogens with zero attached hydrogens (tertiary/aromatic N) is 10. The van der Waals surface area contributed by atoms with Gasteiger partial charge in [-0.25, -0.2) is 29.9 Å². The van der Waals surface area contributed by atoms with Crippen molar-refractivity contribution in [1.29, 1.82) is 10.5 Å². The fraction of sp³-hybridized carbons (Fsp3) is 0.0909. The average Bonchev–Trinajstić information content (AvgIpc) is 3.84. The van der Waals surface area contributed by atoms with Gasteiger partial charge in [0.2, 0.25) is 0 Å². The molecule has 0 amide bonds. The monoisotopic (exact) mass is 892 g/mol. The number of aryl methyl sites for hydroxylation is 4. The molecule has 326 valence electrons. The Morgan fingerprint density at radius 1 is 0.412 bits per heavy atom. The number of hydrogen-bond acceptors (Lipinski definition) is 8. The number of para-hydroxylation sites is 2. The van der Waals surface area contributed by atoms with Gasteiger partial charge < -0.3 is 9.13 Å². The Balaban J connectivity index is 1.22. The van der Waals surface area contributed by atoms with Gasteiger partial charge >= 0.3 is 6.18 Å². The summed E-state index contributed by atoms with van der Waals surface area (Å²) in [6, 6.07) is 46.6. The summed E-state index contributed by atoms with van der Waals surface area (Å²) in [7, 11) is 0. The Labute approximate surface area is 386 Å². The Morgan fingerprint density at radius 2 is 0.824 bits per heavy atom. The van der Waals surface area contributed by atoms with E-state index in [2.05, 4.69) is 57.2 Å². The molecule has 68 heavy (non-hydrogen) atoms. The van der Waals surface area contributed by atoms with Crippen LogP contribution >= 0.6 is 0 Å². The first kappa shape index (κ1) is 41.6. The van der Waals surface area contributed by atoms with Crippen LogP contribution in [-0.2, 0) is 6.18 Å². The maximum Gasteiger partial charge on any atom is 0.417 e. The largest absolute Gasteiger partial charge is 0.417 e. The SMILES string of the molecule is Cc1nc(C)nc(-c2ccc3c(c2)c2ccccc2n3-c2cc(C#N)ccc2-c2ccc(-c3ccc(C#N)cc3C(F)(F)F)cc2-n2c3ccccc3c3cc(-c4nc(C)nc(C)n4)ccc32)n1. The first-order chi connectivity index (χ1) is 32.9. The van der Waals surface area contributed by atoms with Crippen molar-refractivity contribution in [3.8, 4) is 68.5 Å². The number of nitriles is 2. The zero-order valence-corrected chi connectivity index (χ0v) is 36.9. The van der Waals surface area contributed by atoms with E-state index in [4.69, 9.17) is 0 Å². The molecule has 0 N–H and O–H groups in total. The van der Waals surface area contributed by atoms with Crippen LogP contribution in [0.1, 0.15) is 40.0 Å². The van der Waals surface area contributed by atoms with Crippen LogP contribution in [-0.4, -0.2) is 39.0 Å². The molecule has 0 saturated carbocycles. The van der Waals surface area contributed by atoms with Crippen molar-refractivity contribution in [2.75, 3.05) is 0 Å². The molecular formula is C55H35F3N10. The number of hydrogen-bond donors (Lipinski definition) is 0. The summed E-state index contributed by atoms with van der Waals surface area (Å²) in [5, 5.41) is 23.7. The molecule has 0 radical (unpaired) electrons. The Morgan fingerprint density at radius 3 is 1.31 bits per heavy atom. The van der Waals surface area contributed by atoms with Gasteiger partial charge in [-0.05, 0) is 118 Å². The van der Waals surface area contributed by atoms with E-state index in [9.17, 15) is 23.7 Å². The van der Waals surface area contributed by atoms with E-state index >= 15 is 0 Å². The van der Waals surface area contributed by atoms with E-state index < -0.39 is 11.7 Å². The maximum atomic E-state index is 14.9.